The van der Waals surface area contributed by atoms with E-state index in [0.29, 0.717) is 6.42 Å². The predicted molar refractivity (Wildman–Crippen MR) is 68.2 cm³/mol. The van der Waals surface area contributed by atoms with Crippen molar-refractivity contribution in [3.8, 4) is 0 Å². The molecule has 0 spiro atoms. The number of likely N-dealkylation sites (N-methyl/N-ethyl adjacent to an activating group) is 1. The first-order chi connectivity index (χ1) is 8.72. The molecule has 0 aliphatic heterocycles. The Morgan fingerprint density at radius 2 is 2.06 bits per heavy atom. The number of carbonyl (C=O) groups is 1. The molecule has 0 heterocycles. The van der Waals surface area contributed by atoms with Gasteiger partial charge in [-0.3, -0.25) is 4.79 Å². The smallest absolute Gasteiger partial charge is 0.310 e. The van der Waals surface area contributed by atoms with E-state index in [1.54, 1.807) is 7.11 Å². The molecular weight excluding hydrogens is 230 g/mol. The summed E-state index contributed by atoms with van der Waals surface area (Å²) in [5.41, 5.74) is 2.31. The first-order valence-corrected chi connectivity index (χ1v) is 6.08. The molecule has 0 radical (unpaired) electrons. The Morgan fingerprint density at radius 1 is 1.33 bits per heavy atom. The van der Waals surface area contributed by atoms with Gasteiger partial charge in [0.25, 0.3) is 0 Å². The minimum Gasteiger partial charge on any atom is -0.469 e. The maximum atomic E-state index is 11.9. The highest BCUT2D eigenvalue weighted by atomic mass is 16.5. The van der Waals surface area contributed by atoms with E-state index >= 15 is 0 Å². The molecule has 1 aromatic carbocycles. The molecule has 0 amide bonds. The van der Waals surface area contributed by atoms with Crippen molar-refractivity contribution in [2.75, 3.05) is 21.3 Å². The number of carbonyl (C=O) groups excluding carboxylic acids is 1. The van der Waals surface area contributed by atoms with Gasteiger partial charge in [-0.25, -0.2) is 0 Å². The first-order valence-electron chi connectivity index (χ1n) is 6.08. The second-order valence-electron chi connectivity index (χ2n) is 4.50. The summed E-state index contributed by atoms with van der Waals surface area (Å²) in [4.78, 5) is 11.9. The maximum Gasteiger partial charge on any atom is 0.310 e. The molecule has 0 fully saturated rings. The summed E-state index contributed by atoms with van der Waals surface area (Å²) in [5.74, 6) is -0.397. The molecule has 4 nitrogen and oxygen atoms in total. The fourth-order valence-electron chi connectivity index (χ4n) is 2.77. The highest BCUT2D eigenvalue weighted by molar-refractivity contribution is 5.74. The largest absolute Gasteiger partial charge is 0.469 e. The molecule has 18 heavy (non-hydrogen) atoms. The summed E-state index contributed by atoms with van der Waals surface area (Å²) < 4.78 is 10.5. The van der Waals surface area contributed by atoms with Crippen molar-refractivity contribution < 1.29 is 14.3 Å². The topological polar surface area (TPSA) is 47.6 Å². The number of hydrogen-bond acceptors (Lipinski definition) is 4. The number of methoxy groups -OCH3 is 2. The summed E-state index contributed by atoms with van der Waals surface area (Å²) in [5, 5.41) is 3.19. The van der Waals surface area contributed by atoms with E-state index < -0.39 is 0 Å². The van der Waals surface area contributed by atoms with Crippen LogP contribution in [0.2, 0.25) is 0 Å². The van der Waals surface area contributed by atoms with Gasteiger partial charge < -0.3 is 14.8 Å². The van der Waals surface area contributed by atoms with Gasteiger partial charge >= 0.3 is 5.97 Å². The van der Waals surface area contributed by atoms with E-state index in [1.165, 1.54) is 7.11 Å². The SMILES string of the molecule is CN[C@@H]1C(C(=O)OC)Cc2ccccc2[C@@H]1OC. The van der Waals surface area contributed by atoms with Crippen LogP contribution in [0.5, 0.6) is 0 Å². The molecule has 1 N–H and O–H groups in total. The zero-order chi connectivity index (χ0) is 13.1. The lowest BCUT2D eigenvalue weighted by atomic mass is 9.78. The molecule has 0 aromatic heterocycles. The monoisotopic (exact) mass is 249 g/mol. The molecule has 1 aromatic rings. The maximum absolute atomic E-state index is 11.9. The van der Waals surface area contributed by atoms with Gasteiger partial charge in [-0.2, -0.15) is 0 Å². The van der Waals surface area contributed by atoms with E-state index in [9.17, 15) is 4.79 Å². The molecule has 1 unspecified atom stereocenters. The van der Waals surface area contributed by atoms with Crippen molar-refractivity contribution in [2.45, 2.75) is 18.6 Å². The second-order valence-corrected chi connectivity index (χ2v) is 4.50. The van der Waals surface area contributed by atoms with Gasteiger partial charge in [0.05, 0.1) is 25.2 Å². The van der Waals surface area contributed by atoms with Crippen LogP contribution in [0.25, 0.3) is 0 Å². The predicted octanol–water partition coefficient (Wildman–Crippen LogP) is 1.31. The van der Waals surface area contributed by atoms with Gasteiger partial charge in [-0.05, 0) is 24.6 Å². The molecule has 1 aliphatic carbocycles. The lowest BCUT2D eigenvalue weighted by Gasteiger charge is -2.37. The fourth-order valence-corrected chi connectivity index (χ4v) is 2.77. The van der Waals surface area contributed by atoms with Gasteiger partial charge in [0, 0.05) is 7.11 Å². The van der Waals surface area contributed by atoms with Gasteiger partial charge in [-0.15, -0.1) is 0 Å². The van der Waals surface area contributed by atoms with Crippen LogP contribution < -0.4 is 5.32 Å². The van der Waals surface area contributed by atoms with Crippen LogP contribution in [-0.4, -0.2) is 33.3 Å². The van der Waals surface area contributed by atoms with Crippen LogP contribution >= 0.6 is 0 Å². The quantitative estimate of drug-likeness (QED) is 0.820. The van der Waals surface area contributed by atoms with E-state index in [1.807, 2.05) is 25.2 Å². The van der Waals surface area contributed by atoms with Crippen molar-refractivity contribution in [3.63, 3.8) is 0 Å². The highest BCUT2D eigenvalue weighted by Crippen LogP contribution is 2.35. The summed E-state index contributed by atoms with van der Waals surface area (Å²) in [6, 6.07) is 8.03. The molecule has 0 saturated carbocycles. The Bertz CT molecular complexity index is 433. The number of ether oxygens (including phenoxy) is 2. The Morgan fingerprint density at radius 3 is 2.67 bits per heavy atom. The lowest BCUT2D eigenvalue weighted by molar-refractivity contribution is -0.148. The van der Waals surface area contributed by atoms with Gasteiger partial charge in [-0.1, -0.05) is 24.3 Å². The van der Waals surface area contributed by atoms with Crippen LogP contribution in [0, 0.1) is 5.92 Å². The third kappa shape index (κ3) is 2.13. The molecule has 2 rings (SSSR count). The number of esters is 1. The van der Waals surface area contributed by atoms with E-state index in [0.717, 1.165) is 11.1 Å². The van der Waals surface area contributed by atoms with Crippen molar-refractivity contribution in [3.05, 3.63) is 35.4 Å². The van der Waals surface area contributed by atoms with Crippen LogP contribution in [0.4, 0.5) is 0 Å². The average molecular weight is 249 g/mol. The third-order valence-electron chi connectivity index (χ3n) is 3.65. The number of fused-ring (bicyclic) bond motifs is 1. The number of nitrogens with one attached hydrogen (secondary N) is 1. The van der Waals surface area contributed by atoms with Crippen LogP contribution in [-0.2, 0) is 20.7 Å². The normalized spacial score (nSPS) is 26.5. The van der Waals surface area contributed by atoms with Crippen molar-refractivity contribution in [1.82, 2.24) is 5.32 Å². The van der Waals surface area contributed by atoms with E-state index in [-0.39, 0.29) is 24.0 Å². The Kier molecular flexibility index (Phi) is 3.99. The summed E-state index contributed by atoms with van der Waals surface area (Å²) >= 11 is 0. The Hall–Kier alpha value is -1.39. The molecule has 4 heteroatoms. The number of hydrogen-bond donors (Lipinski definition) is 1. The van der Waals surface area contributed by atoms with Crippen molar-refractivity contribution in [2.24, 2.45) is 5.92 Å². The minimum atomic E-state index is -0.208. The van der Waals surface area contributed by atoms with Crippen LogP contribution in [0.3, 0.4) is 0 Å². The highest BCUT2D eigenvalue weighted by Gasteiger charge is 2.40. The van der Waals surface area contributed by atoms with E-state index in [2.05, 4.69) is 11.4 Å². The molecule has 98 valence electrons. The lowest BCUT2D eigenvalue weighted by Crippen LogP contribution is -2.47. The van der Waals surface area contributed by atoms with Crippen LogP contribution in [0.15, 0.2) is 24.3 Å². The van der Waals surface area contributed by atoms with Gasteiger partial charge in [0.1, 0.15) is 0 Å². The zero-order valence-electron chi connectivity index (χ0n) is 11.0. The first kappa shape index (κ1) is 13.1. The zero-order valence-corrected chi connectivity index (χ0v) is 11.0. The molecule has 3 atom stereocenters. The fraction of sp³-hybridized carbons (Fsp3) is 0.500. The molecule has 0 bridgehead atoms. The standard InChI is InChI=1S/C14H19NO3/c1-15-12-11(14(16)18-3)8-9-6-4-5-7-10(9)13(12)17-2/h4-7,11-13,15H,8H2,1-3H3/t11?,12-,13+/m1/s1. The average Bonchev–Trinajstić information content (AvgIpc) is 2.44. The van der Waals surface area contributed by atoms with E-state index in [4.69, 9.17) is 9.47 Å². The summed E-state index contributed by atoms with van der Waals surface area (Å²) in [6.45, 7) is 0. The van der Waals surface area contributed by atoms with Crippen LogP contribution in [0.1, 0.15) is 17.2 Å². The minimum absolute atomic E-state index is 0.0580. The second kappa shape index (κ2) is 5.50. The molecule has 1 aliphatic rings. The number of benzene rings is 1. The summed E-state index contributed by atoms with van der Waals surface area (Å²) in [6.07, 6.45) is 0.567. The van der Waals surface area contributed by atoms with Gasteiger partial charge in [0.15, 0.2) is 0 Å². The third-order valence-corrected chi connectivity index (χ3v) is 3.65. The molecule has 0 saturated heterocycles. The van der Waals surface area contributed by atoms with Crippen molar-refractivity contribution >= 4 is 5.97 Å². The van der Waals surface area contributed by atoms with Crippen molar-refractivity contribution in [1.29, 1.82) is 0 Å². The Balaban J connectivity index is 2.41. The Labute approximate surface area is 107 Å². The number of rotatable bonds is 3. The molecular formula is C14H19NO3. The summed E-state index contributed by atoms with van der Waals surface area (Å²) in [7, 11) is 4.95. The van der Waals surface area contributed by atoms with Gasteiger partial charge in [0.2, 0.25) is 0 Å².